The molecule has 0 fully saturated rings. The van der Waals surface area contributed by atoms with Crippen molar-refractivity contribution in [3.05, 3.63) is 202 Å². The second-order valence-electron chi connectivity index (χ2n) is 33.9. The third-order valence-corrected chi connectivity index (χ3v) is 26.8. The van der Waals surface area contributed by atoms with Crippen molar-refractivity contribution in [2.24, 2.45) is 5.73 Å². The van der Waals surface area contributed by atoms with E-state index in [4.69, 9.17) is 29.9 Å². The van der Waals surface area contributed by atoms with Crippen LogP contribution >= 0.6 is 15.9 Å². The SMILES string of the molecule is Cc1cc2c(cc1O)CC1c3c(cc(O)c(OC(F)(F)F)c3-2)CCN1C.Cc1cc2c(cc1O)CC1c3c(cc(O)c(OCBr)c3-2)CCN1C.Cc1cc2c(cc1O)CC1c3c(cc(O)c(OCC#N)c3-2)CCN1C.Cc1cc2c(cc1O)CC1c3c(cc(O)c(OCF)c3-2)CCN1C.Cc1cc2c(cc1O)CC1c3c(cc(O)c(OCN)c3-2)CCN1C. The molecule has 5 heterocycles. The first kappa shape index (κ1) is 85.2. The van der Waals surface area contributed by atoms with Gasteiger partial charge in [0, 0.05) is 90.8 Å². The Bertz CT molecular complexity index is 5670. The zero-order valence-corrected chi connectivity index (χ0v) is 71.7. The minimum Gasteiger partial charge on any atom is -0.508 e. The van der Waals surface area contributed by atoms with Gasteiger partial charge in [-0.05, 0) is 380 Å². The maximum atomic E-state index is 13.0. The Morgan fingerprint density at radius 1 is 0.358 bits per heavy atom. The number of aromatic hydroxyl groups is 10. The second-order valence-corrected chi connectivity index (χ2v) is 34.4. The summed E-state index contributed by atoms with van der Waals surface area (Å²) in [6.07, 6.45) is 3.12. The van der Waals surface area contributed by atoms with Crippen molar-refractivity contribution >= 4 is 15.9 Å². The monoisotopic (exact) mass is 1750 g/mol. The summed E-state index contributed by atoms with van der Waals surface area (Å²) in [5.41, 5.74) is 33.9. The van der Waals surface area contributed by atoms with Crippen LogP contribution in [0.15, 0.2) is 91.0 Å². The van der Waals surface area contributed by atoms with Gasteiger partial charge in [-0.3, -0.25) is 30.2 Å². The molecule has 5 unspecified atom stereocenters. The van der Waals surface area contributed by atoms with Crippen LogP contribution in [0.25, 0.3) is 55.6 Å². The van der Waals surface area contributed by atoms with E-state index in [1.54, 1.807) is 37.3 Å². The van der Waals surface area contributed by atoms with Gasteiger partial charge in [-0.1, -0.05) is 0 Å². The first-order valence-electron chi connectivity index (χ1n) is 41.2. The lowest BCUT2D eigenvalue weighted by Crippen LogP contribution is -2.36. The van der Waals surface area contributed by atoms with Crippen LogP contribution in [0.3, 0.4) is 0 Å². The molecule has 0 saturated heterocycles. The van der Waals surface area contributed by atoms with Gasteiger partial charge < -0.3 is 74.7 Å². The highest BCUT2D eigenvalue weighted by molar-refractivity contribution is 9.09. The van der Waals surface area contributed by atoms with Gasteiger partial charge in [0.2, 0.25) is 6.86 Å². The van der Waals surface area contributed by atoms with Gasteiger partial charge in [0.15, 0.2) is 64.1 Å². The average Bonchev–Trinajstić information content (AvgIpc) is 0.777. The molecule has 27 heteroatoms. The van der Waals surface area contributed by atoms with E-state index in [-0.39, 0.29) is 95.1 Å². The van der Waals surface area contributed by atoms with Crippen molar-refractivity contribution in [1.82, 2.24) is 24.5 Å². The molecule has 123 heavy (non-hydrogen) atoms. The maximum Gasteiger partial charge on any atom is 0.573 e. The predicted molar refractivity (Wildman–Crippen MR) is 462 cm³/mol. The normalized spacial score (nSPS) is 18.8. The maximum absolute atomic E-state index is 13.0. The molecule has 5 atom stereocenters. The molecular weight excluding hydrogens is 1650 g/mol. The van der Waals surface area contributed by atoms with E-state index in [2.05, 4.69) is 73.4 Å². The van der Waals surface area contributed by atoms with Gasteiger partial charge in [-0.15, -0.1) is 13.2 Å². The minimum atomic E-state index is -4.91. The fourth-order valence-corrected chi connectivity index (χ4v) is 20.6. The average molecular weight is 1750 g/mol. The van der Waals surface area contributed by atoms with Gasteiger partial charge in [-0.25, -0.2) is 4.39 Å². The number of nitrogens with two attached hydrogens (primary N) is 1. The van der Waals surface area contributed by atoms with E-state index in [1.807, 2.05) is 95.4 Å². The molecule has 20 rings (SSSR count). The van der Waals surface area contributed by atoms with Crippen molar-refractivity contribution < 1.29 is 92.3 Å². The van der Waals surface area contributed by atoms with Crippen LogP contribution in [0.2, 0.25) is 0 Å². The Balaban J connectivity index is 0.000000114. The van der Waals surface area contributed by atoms with E-state index in [0.717, 1.165) is 206 Å². The lowest BCUT2D eigenvalue weighted by Gasteiger charge is -2.40. The molecule has 10 aromatic carbocycles. The number of ether oxygens (including phenoxy) is 5. The summed E-state index contributed by atoms with van der Waals surface area (Å²) < 4.78 is 78.3. The van der Waals surface area contributed by atoms with Gasteiger partial charge >= 0.3 is 6.36 Å². The topological polar surface area (TPSA) is 314 Å². The number of rotatable bonds is 9. The number of phenolic OH excluding ortho intramolecular Hbond substituents is 10. The summed E-state index contributed by atoms with van der Waals surface area (Å²) in [5, 5.41) is 112. The Labute approximate surface area is 719 Å². The van der Waals surface area contributed by atoms with Crippen molar-refractivity contribution in [2.75, 3.05) is 93.7 Å². The lowest BCUT2D eigenvalue weighted by molar-refractivity contribution is -0.274. The Kier molecular flexibility index (Phi) is 23.1. The van der Waals surface area contributed by atoms with E-state index in [1.165, 1.54) is 33.9 Å². The molecule has 10 aromatic rings. The molecule has 0 radical (unpaired) electrons. The number of likely N-dealkylation sites (N-methyl/N-ethyl adjacent to an activating group) is 5. The Morgan fingerprint density at radius 2 is 0.585 bits per heavy atom. The number of nitriles is 1. The van der Waals surface area contributed by atoms with Gasteiger partial charge in [0.25, 0.3) is 0 Å². The van der Waals surface area contributed by atoms with Crippen LogP contribution in [-0.2, 0) is 64.2 Å². The van der Waals surface area contributed by atoms with Crippen LogP contribution in [0, 0.1) is 45.9 Å². The molecule has 0 bridgehead atoms. The zero-order valence-electron chi connectivity index (χ0n) is 70.1. The highest BCUT2D eigenvalue weighted by atomic mass is 79.9. The van der Waals surface area contributed by atoms with Crippen LogP contribution in [0.5, 0.6) is 86.2 Å². The summed E-state index contributed by atoms with van der Waals surface area (Å²) in [6.45, 7) is 12.5. The summed E-state index contributed by atoms with van der Waals surface area (Å²) >= 11 is 3.31. The number of hydrogen-bond acceptors (Lipinski definition) is 22. The van der Waals surface area contributed by atoms with E-state index in [0.29, 0.717) is 58.2 Å². The molecule has 12 N–H and O–H groups in total. The first-order chi connectivity index (χ1) is 58.7. The fourth-order valence-electron chi connectivity index (χ4n) is 20.4. The van der Waals surface area contributed by atoms with Crippen molar-refractivity contribution in [2.45, 2.75) is 135 Å². The first-order valence-corrected chi connectivity index (χ1v) is 42.4. The molecule has 5 aliphatic heterocycles. The second kappa shape index (κ2) is 33.4. The van der Waals surface area contributed by atoms with Gasteiger partial charge in [0.05, 0.1) is 0 Å². The van der Waals surface area contributed by atoms with Crippen molar-refractivity contribution in [3.63, 3.8) is 0 Å². The number of nitrogens with zero attached hydrogens (tertiary/aromatic N) is 6. The zero-order chi connectivity index (χ0) is 87.5. The van der Waals surface area contributed by atoms with Crippen LogP contribution in [-0.4, -0.2) is 176 Å². The quantitative estimate of drug-likeness (QED) is 0.0363. The Hall–Kier alpha value is -11.4. The molecule has 644 valence electrons. The molecule has 0 amide bonds. The summed E-state index contributed by atoms with van der Waals surface area (Å²) in [5.74, 6) is 2.08. The molecule has 0 aromatic heterocycles. The number of halogens is 5. The van der Waals surface area contributed by atoms with Crippen LogP contribution in [0.1, 0.15) is 141 Å². The summed E-state index contributed by atoms with van der Waals surface area (Å²) in [6, 6.07) is 29.6. The number of hydrogen-bond donors (Lipinski definition) is 11. The molecule has 0 saturated carbocycles. The number of phenols is 10. The molecular formula is C96H100BrF4N7O15. The number of benzene rings is 10. The standard InChI is InChI=1S/C20H20N2O3.C19H20BrNO3.C19H18F3NO3.C19H20FNO3.C19H22N2O3/c1-11-7-14-13(10-16(11)23)8-15-18-12(3-5-22(15)2)9-17(24)20(19(14)18)25-6-4-21;1-10-5-13-12(8-15(10)22)6-14-17-11(3-4-21(14)2)7-16(23)19(18(13)17)24-9-20;1-9-5-12-11(8-14(9)24)6-13-16-10(3-4-23(13)2)7-15(25)18(17(12)16)26-19(20,21)22;2*1-10-5-13-12(8-15(10)22)6-14-17-11(3-4-21(14)2)7-16(23)19(18(13)17)24-9-20/h7,9-10,15,23-24H,3,5-6,8H2,1-2H3;5,7-8,14,22-23H,3-4,6,9H2,1-2H3;5,7-8,13,24-25H,3-4,6H2,1-2H3;5,7-8,14,22-23H,3-4,6,9H2,1-2H3;5,7-8,14,22-23H,3-4,6,9,20H2,1-2H3. The smallest absolute Gasteiger partial charge is 0.508 e. The molecule has 22 nitrogen and oxygen atoms in total. The van der Waals surface area contributed by atoms with E-state index < -0.39 is 24.7 Å². The minimum absolute atomic E-state index is 0.00620. The third-order valence-electron chi connectivity index (χ3n) is 26.6. The van der Waals surface area contributed by atoms with E-state index >= 15 is 0 Å². The van der Waals surface area contributed by atoms with E-state index in [9.17, 15) is 68.6 Å². The number of alkyl halides is 5. The lowest BCUT2D eigenvalue weighted by atomic mass is 9.76. The number of fused-ring (bicyclic) bond motifs is 10. The highest BCUT2D eigenvalue weighted by Crippen LogP contribution is 2.60. The van der Waals surface area contributed by atoms with Crippen LogP contribution < -0.4 is 29.4 Å². The molecule has 0 spiro atoms. The number of aryl methyl sites for hydroxylation is 5. The molecule has 10 aliphatic rings. The predicted octanol–water partition coefficient (Wildman–Crippen LogP) is 16.9. The summed E-state index contributed by atoms with van der Waals surface area (Å²) in [4.78, 5) is 11.3. The largest absolute Gasteiger partial charge is 0.573 e. The van der Waals surface area contributed by atoms with Crippen molar-refractivity contribution in [1.29, 1.82) is 5.26 Å². The van der Waals surface area contributed by atoms with Gasteiger partial charge in [-0.2, -0.15) is 5.26 Å². The Morgan fingerprint density at radius 3 is 0.821 bits per heavy atom. The van der Waals surface area contributed by atoms with Crippen LogP contribution in [0.4, 0.5) is 17.6 Å². The van der Waals surface area contributed by atoms with Crippen molar-refractivity contribution in [3.8, 4) is 148 Å². The highest BCUT2D eigenvalue weighted by Gasteiger charge is 2.45. The fraction of sp³-hybridized carbons (Fsp3) is 0.365. The van der Waals surface area contributed by atoms with Gasteiger partial charge in [0.1, 0.15) is 47.1 Å². The third kappa shape index (κ3) is 15.4. The summed E-state index contributed by atoms with van der Waals surface area (Å²) in [7, 11) is 10.3. The molecule has 5 aliphatic carbocycles.